The van der Waals surface area contributed by atoms with Gasteiger partial charge in [-0.3, -0.25) is 9.69 Å². The van der Waals surface area contributed by atoms with E-state index in [-0.39, 0.29) is 24.0 Å². The monoisotopic (exact) mass is 474 g/mol. The Morgan fingerprint density at radius 3 is 2.77 bits per heavy atom. The standard InChI is InChI=1S/C25H26N6O4/c1-16-20(6-7-21-22(16)14-35-25(21)33)23-12-29-8-9-30(11-19(29)13-34-23)24(32)10-17-2-4-18(5-3-17)31-15-26-27-28-31/h2-7,15,19,23H,8-14H2,1H3/t19-,23+/m1/s1. The Morgan fingerprint density at radius 2 is 1.97 bits per heavy atom. The number of ether oxygens (including phenoxy) is 2. The second-order valence-electron chi connectivity index (χ2n) is 9.29. The molecule has 0 bridgehead atoms. The molecule has 1 aromatic heterocycles. The zero-order valence-corrected chi connectivity index (χ0v) is 19.5. The van der Waals surface area contributed by atoms with Crippen molar-refractivity contribution in [2.45, 2.75) is 32.1 Å². The highest BCUT2D eigenvalue weighted by molar-refractivity contribution is 5.94. The molecular formula is C25H26N6O4. The van der Waals surface area contributed by atoms with E-state index in [9.17, 15) is 9.59 Å². The average Bonchev–Trinajstić information content (AvgIpc) is 3.55. The Hall–Kier alpha value is -3.63. The van der Waals surface area contributed by atoms with E-state index >= 15 is 0 Å². The SMILES string of the molecule is Cc1c([C@@H]2CN3CCN(C(=O)Cc4ccc(-n5cnnn5)cc4)C[C@@H]3CO2)ccc2c1COC2=O. The molecular weight excluding hydrogens is 448 g/mol. The lowest BCUT2D eigenvalue weighted by Gasteiger charge is -2.46. The summed E-state index contributed by atoms with van der Waals surface area (Å²) in [4.78, 5) is 29.2. The molecule has 10 nitrogen and oxygen atoms in total. The minimum atomic E-state index is -0.247. The Bertz CT molecular complexity index is 1260. The van der Waals surface area contributed by atoms with Gasteiger partial charge in [0.2, 0.25) is 5.91 Å². The van der Waals surface area contributed by atoms with Crippen LogP contribution >= 0.6 is 0 Å². The third-order valence-corrected chi connectivity index (χ3v) is 7.31. The maximum absolute atomic E-state index is 13.0. The number of carbonyl (C=O) groups excluding carboxylic acids is 2. The smallest absolute Gasteiger partial charge is 0.338 e. The van der Waals surface area contributed by atoms with Gasteiger partial charge >= 0.3 is 5.97 Å². The lowest BCUT2D eigenvalue weighted by Crippen LogP contribution is -2.59. The first kappa shape index (κ1) is 21.9. The third kappa shape index (κ3) is 4.08. The summed E-state index contributed by atoms with van der Waals surface area (Å²) in [6.45, 7) is 5.92. The van der Waals surface area contributed by atoms with Crippen LogP contribution in [0.4, 0.5) is 0 Å². The molecule has 35 heavy (non-hydrogen) atoms. The molecule has 0 unspecified atom stereocenters. The van der Waals surface area contributed by atoms with Gasteiger partial charge in [-0.1, -0.05) is 18.2 Å². The second-order valence-corrected chi connectivity index (χ2v) is 9.29. The van der Waals surface area contributed by atoms with E-state index in [0.29, 0.717) is 38.3 Å². The highest BCUT2D eigenvalue weighted by atomic mass is 16.5. The van der Waals surface area contributed by atoms with Crippen LogP contribution in [-0.2, 0) is 27.3 Å². The molecule has 0 N–H and O–H groups in total. The van der Waals surface area contributed by atoms with Crippen molar-refractivity contribution in [3.05, 3.63) is 70.5 Å². The molecule has 3 aliphatic rings. The Labute approximate surface area is 202 Å². The van der Waals surface area contributed by atoms with E-state index in [1.54, 1.807) is 4.68 Å². The number of cyclic esters (lactones) is 1. The Morgan fingerprint density at radius 1 is 1.11 bits per heavy atom. The van der Waals surface area contributed by atoms with Gasteiger partial charge in [0.1, 0.15) is 12.9 Å². The molecule has 3 aromatic rings. The summed E-state index contributed by atoms with van der Waals surface area (Å²) < 4.78 is 13.0. The molecule has 2 fully saturated rings. The van der Waals surface area contributed by atoms with Crippen molar-refractivity contribution >= 4 is 11.9 Å². The number of hydrogen-bond acceptors (Lipinski definition) is 8. The predicted molar refractivity (Wildman–Crippen MR) is 124 cm³/mol. The molecule has 0 saturated carbocycles. The maximum atomic E-state index is 13.0. The van der Waals surface area contributed by atoms with Crippen LogP contribution in [0.5, 0.6) is 0 Å². The van der Waals surface area contributed by atoms with Gasteiger partial charge in [0, 0.05) is 31.7 Å². The topological polar surface area (TPSA) is 103 Å². The summed E-state index contributed by atoms with van der Waals surface area (Å²) >= 11 is 0. The molecule has 3 aliphatic heterocycles. The van der Waals surface area contributed by atoms with Gasteiger partial charge in [0.05, 0.1) is 36.4 Å². The summed E-state index contributed by atoms with van der Waals surface area (Å²) in [6, 6.07) is 11.7. The first-order chi connectivity index (χ1) is 17.1. The number of morpholine rings is 1. The van der Waals surface area contributed by atoms with E-state index in [0.717, 1.165) is 41.0 Å². The van der Waals surface area contributed by atoms with Gasteiger partial charge in [-0.2, -0.15) is 0 Å². The van der Waals surface area contributed by atoms with Crippen molar-refractivity contribution in [1.82, 2.24) is 30.0 Å². The number of tetrazole rings is 1. The van der Waals surface area contributed by atoms with Crippen LogP contribution in [0.15, 0.2) is 42.7 Å². The first-order valence-corrected chi connectivity index (χ1v) is 11.8. The molecule has 1 amide bonds. The highest BCUT2D eigenvalue weighted by Gasteiger charge is 2.36. The number of benzene rings is 2. The van der Waals surface area contributed by atoms with Crippen LogP contribution in [-0.4, -0.2) is 80.7 Å². The van der Waals surface area contributed by atoms with E-state index in [1.165, 1.54) is 6.33 Å². The largest absolute Gasteiger partial charge is 0.457 e. The highest BCUT2D eigenvalue weighted by Crippen LogP contribution is 2.33. The molecule has 0 aliphatic carbocycles. The van der Waals surface area contributed by atoms with Crippen molar-refractivity contribution in [2.24, 2.45) is 0 Å². The van der Waals surface area contributed by atoms with Crippen LogP contribution in [0.25, 0.3) is 5.69 Å². The van der Waals surface area contributed by atoms with Crippen molar-refractivity contribution in [3.63, 3.8) is 0 Å². The Balaban J connectivity index is 1.07. The quantitative estimate of drug-likeness (QED) is 0.524. The zero-order valence-electron chi connectivity index (χ0n) is 19.5. The second kappa shape index (κ2) is 8.86. The predicted octanol–water partition coefficient (Wildman–Crippen LogP) is 1.47. The van der Waals surface area contributed by atoms with Crippen LogP contribution < -0.4 is 0 Å². The first-order valence-electron chi connectivity index (χ1n) is 11.8. The van der Waals surface area contributed by atoms with Crippen LogP contribution in [0.2, 0.25) is 0 Å². The van der Waals surface area contributed by atoms with E-state index in [1.807, 2.05) is 48.2 Å². The molecule has 4 heterocycles. The van der Waals surface area contributed by atoms with Crippen LogP contribution in [0.3, 0.4) is 0 Å². The zero-order chi connectivity index (χ0) is 23.9. The maximum Gasteiger partial charge on any atom is 0.338 e. The molecule has 0 radical (unpaired) electrons. The molecule has 10 heteroatoms. The molecule has 6 rings (SSSR count). The fourth-order valence-corrected chi connectivity index (χ4v) is 5.25. The summed E-state index contributed by atoms with van der Waals surface area (Å²) in [7, 11) is 0. The Kier molecular flexibility index (Phi) is 5.54. The van der Waals surface area contributed by atoms with Crippen molar-refractivity contribution in [3.8, 4) is 5.69 Å². The van der Waals surface area contributed by atoms with Gasteiger partial charge in [0.15, 0.2) is 0 Å². The fourth-order valence-electron chi connectivity index (χ4n) is 5.25. The van der Waals surface area contributed by atoms with Crippen LogP contribution in [0, 0.1) is 6.92 Å². The van der Waals surface area contributed by atoms with Crippen molar-refractivity contribution in [2.75, 3.05) is 32.8 Å². The molecule has 180 valence electrons. The van der Waals surface area contributed by atoms with Gasteiger partial charge in [0.25, 0.3) is 0 Å². The minimum absolute atomic E-state index is 0.0480. The fraction of sp³-hybridized carbons (Fsp3) is 0.400. The number of aromatic nitrogens is 4. The lowest BCUT2D eigenvalue weighted by atomic mass is 9.94. The van der Waals surface area contributed by atoms with E-state index < -0.39 is 0 Å². The molecule has 2 atom stereocenters. The number of esters is 1. The van der Waals surface area contributed by atoms with Gasteiger partial charge in [-0.25, -0.2) is 9.48 Å². The van der Waals surface area contributed by atoms with Gasteiger partial charge < -0.3 is 14.4 Å². The summed E-state index contributed by atoms with van der Waals surface area (Å²) in [6.07, 6.45) is 1.85. The normalized spacial score (nSPS) is 22.0. The van der Waals surface area contributed by atoms with Crippen LogP contribution in [0.1, 0.15) is 38.7 Å². The summed E-state index contributed by atoms with van der Waals surface area (Å²) in [5.74, 6) is -0.121. The lowest BCUT2D eigenvalue weighted by molar-refractivity contribution is -0.139. The average molecular weight is 475 g/mol. The number of fused-ring (bicyclic) bond motifs is 2. The van der Waals surface area contributed by atoms with E-state index in [2.05, 4.69) is 20.4 Å². The van der Waals surface area contributed by atoms with Crippen molar-refractivity contribution in [1.29, 1.82) is 0 Å². The number of amides is 1. The van der Waals surface area contributed by atoms with Gasteiger partial charge in [-0.05, 0) is 52.2 Å². The van der Waals surface area contributed by atoms with Crippen molar-refractivity contribution < 1.29 is 19.1 Å². The summed E-state index contributed by atoms with van der Waals surface area (Å²) in [5.41, 5.74) is 5.65. The summed E-state index contributed by atoms with van der Waals surface area (Å²) in [5, 5.41) is 11.2. The number of hydrogen-bond donors (Lipinski definition) is 0. The number of rotatable bonds is 4. The molecule has 0 spiro atoms. The number of nitrogens with zero attached hydrogens (tertiary/aromatic N) is 6. The number of carbonyl (C=O) groups is 2. The number of piperazine rings is 1. The molecule has 2 aromatic carbocycles. The van der Waals surface area contributed by atoms with Gasteiger partial charge in [-0.15, -0.1) is 5.10 Å². The van der Waals surface area contributed by atoms with E-state index in [4.69, 9.17) is 9.47 Å². The molecule has 2 saturated heterocycles. The minimum Gasteiger partial charge on any atom is -0.457 e. The third-order valence-electron chi connectivity index (χ3n) is 7.31.